The number of allylic oxidation sites excluding steroid dienone is 1. The van der Waals surface area contributed by atoms with Gasteiger partial charge in [0.1, 0.15) is 5.70 Å². The van der Waals surface area contributed by atoms with Crippen molar-refractivity contribution in [3.05, 3.63) is 77.0 Å². The van der Waals surface area contributed by atoms with E-state index in [0.717, 1.165) is 0 Å². The van der Waals surface area contributed by atoms with Crippen LogP contribution in [0.2, 0.25) is 0 Å². The van der Waals surface area contributed by atoms with Gasteiger partial charge in [0.2, 0.25) is 5.78 Å². The number of ketones is 1. The first-order valence-corrected chi connectivity index (χ1v) is 6.83. The number of amides is 1. The van der Waals surface area contributed by atoms with Crippen molar-refractivity contribution in [3.8, 4) is 0 Å². The molecule has 3 rings (SSSR count). The van der Waals surface area contributed by atoms with Crippen molar-refractivity contribution >= 4 is 17.4 Å². The van der Waals surface area contributed by atoms with Gasteiger partial charge in [-0.25, -0.2) is 0 Å². The van der Waals surface area contributed by atoms with E-state index in [1.54, 1.807) is 48.5 Å². The van der Waals surface area contributed by atoms with Crippen LogP contribution in [-0.2, 0) is 0 Å². The number of hydrogen-bond acceptors (Lipinski definition) is 4. The Labute approximate surface area is 127 Å². The van der Waals surface area contributed by atoms with Gasteiger partial charge in [-0.05, 0) is 12.1 Å². The third kappa shape index (κ3) is 2.44. The van der Waals surface area contributed by atoms with E-state index < -0.39 is 0 Å². The lowest BCUT2D eigenvalue weighted by molar-refractivity contribution is 0.0945. The lowest BCUT2D eigenvalue weighted by Crippen LogP contribution is -2.34. The van der Waals surface area contributed by atoms with Crippen molar-refractivity contribution in [2.45, 2.75) is 0 Å². The number of aliphatic hydroxyl groups is 1. The normalized spacial score (nSPS) is 13.0. The highest BCUT2D eigenvalue weighted by Crippen LogP contribution is 2.28. The lowest BCUT2D eigenvalue weighted by Gasteiger charge is -2.08. The summed E-state index contributed by atoms with van der Waals surface area (Å²) < 4.78 is 0. The standard InChI is InChI=1S/C17H14N2O3/c20-15-12-8-4-5-9-13(12)16(21)14(15)18-10-19-17(22)11-6-2-1-3-7-11/h1-9H,10H2,(H,19,22)(H2,18,20,21). The van der Waals surface area contributed by atoms with Crippen molar-refractivity contribution < 1.29 is 14.7 Å². The number of carbonyl (C=O) groups excluding carboxylic acids is 2. The topological polar surface area (TPSA) is 78.4 Å². The third-order valence-corrected chi connectivity index (χ3v) is 3.44. The number of nitrogens with one attached hydrogen (secondary N) is 2. The van der Waals surface area contributed by atoms with E-state index in [1.165, 1.54) is 0 Å². The van der Waals surface area contributed by atoms with Gasteiger partial charge in [-0.2, -0.15) is 0 Å². The van der Waals surface area contributed by atoms with Gasteiger partial charge in [0.05, 0.1) is 6.67 Å². The number of fused-ring (bicyclic) bond motifs is 1. The summed E-state index contributed by atoms with van der Waals surface area (Å²) >= 11 is 0. The molecule has 110 valence electrons. The summed E-state index contributed by atoms with van der Waals surface area (Å²) in [7, 11) is 0. The smallest absolute Gasteiger partial charge is 0.252 e. The molecule has 0 saturated heterocycles. The first-order valence-electron chi connectivity index (χ1n) is 6.83. The molecule has 0 unspecified atom stereocenters. The Morgan fingerprint density at radius 2 is 1.59 bits per heavy atom. The van der Waals surface area contributed by atoms with Gasteiger partial charge in [0, 0.05) is 16.7 Å². The van der Waals surface area contributed by atoms with Gasteiger partial charge in [0.25, 0.3) is 5.91 Å². The van der Waals surface area contributed by atoms with Crippen LogP contribution in [0.1, 0.15) is 26.3 Å². The van der Waals surface area contributed by atoms with Gasteiger partial charge in [-0.3, -0.25) is 9.59 Å². The van der Waals surface area contributed by atoms with Crippen LogP contribution in [0.15, 0.2) is 60.3 Å². The van der Waals surface area contributed by atoms with Crippen LogP contribution in [0.25, 0.3) is 5.76 Å². The number of rotatable bonds is 4. The summed E-state index contributed by atoms with van der Waals surface area (Å²) in [6.45, 7) is 0.0485. The Morgan fingerprint density at radius 1 is 0.955 bits per heavy atom. The van der Waals surface area contributed by atoms with E-state index in [9.17, 15) is 14.7 Å². The summed E-state index contributed by atoms with van der Waals surface area (Å²) in [6, 6.07) is 15.6. The molecule has 2 aromatic carbocycles. The van der Waals surface area contributed by atoms with E-state index in [4.69, 9.17) is 0 Å². The second-order valence-electron chi connectivity index (χ2n) is 4.82. The largest absolute Gasteiger partial charge is 0.505 e. The van der Waals surface area contributed by atoms with Crippen LogP contribution in [0.3, 0.4) is 0 Å². The maximum atomic E-state index is 12.2. The molecule has 0 heterocycles. The Kier molecular flexibility index (Phi) is 3.62. The molecule has 0 bridgehead atoms. The molecular formula is C17H14N2O3. The van der Waals surface area contributed by atoms with Crippen molar-refractivity contribution in [1.82, 2.24) is 10.6 Å². The van der Waals surface area contributed by atoms with Crippen molar-refractivity contribution in [2.75, 3.05) is 6.67 Å². The van der Waals surface area contributed by atoms with Gasteiger partial charge >= 0.3 is 0 Å². The van der Waals surface area contributed by atoms with Crippen LogP contribution in [0, 0.1) is 0 Å². The SMILES string of the molecule is O=C(NCNC1=C(O)c2ccccc2C1=O)c1ccccc1. The van der Waals surface area contributed by atoms with E-state index in [1.807, 2.05) is 6.07 Å². The van der Waals surface area contributed by atoms with E-state index in [-0.39, 0.29) is 29.8 Å². The zero-order valence-electron chi connectivity index (χ0n) is 11.7. The Balaban J connectivity index is 1.65. The van der Waals surface area contributed by atoms with Crippen molar-refractivity contribution in [3.63, 3.8) is 0 Å². The summed E-state index contributed by atoms with van der Waals surface area (Å²) in [5.74, 6) is -0.618. The number of carbonyl (C=O) groups is 2. The van der Waals surface area contributed by atoms with E-state index in [0.29, 0.717) is 16.7 Å². The quantitative estimate of drug-likeness (QED) is 0.754. The maximum absolute atomic E-state index is 12.2. The highest BCUT2D eigenvalue weighted by atomic mass is 16.3. The molecule has 2 aromatic rings. The monoisotopic (exact) mass is 294 g/mol. The fourth-order valence-corrected chi connectivity index (χ4v) is 2.33. The van der Waals surface area contributed by atoms with Crippen molar-refractivity contribution in [1.29, 1.82) is 0 Å². The average molecular weight is 294 g/mol. The molecule has 0 aliphatic heterocycles. The summed E-state index contributed by atoms with van der Waals surface area (Å²) in [5.41, 5.74) is 1.60. The molecule has 1 amide bonds. The molecular weight excluding hydrogens is 280 g/mol. The van der Waals surface area contributed by atoms with Gasteiger partial charge < -0.3 is 15.7 Å². The second kappa shape index (κ2) is 5.73. The minimum atomic E-state index is -0.276. The minimum absolute atomic E-state index is 0.0485. The van der Waals surface area contributed by atoms with Crippen LogP contribution >= 0.6 is 0 Å². The second-order valence-corrected chi connectivity index (χ2v) is 4.82. The first-order chi connectivity index (χ1) is 10.7. The molecule has 22 heavy (non-hydrogen) atoms. The highest BCUT2D eigenvalue weighted by Gasteiger charge is 2.29. The molecule has 0 atom stereocenters. The first kappa shape index (κ1) is 13.9. The third-order valence-electron chi connectivity index (χ3n) is 3.44. The Bertz CT molecular complexity index is 766. The van der Waals surface area contributed by atoms with Gasteiger partial charge in [-0.1, -0.05) is 42.5 Å². The zero-order chi connectivity index (χ0) is 15.5. The molecule has 0 fully saturated rings. The lowest BCUT2D eigenvalue weighted by atomic mass is 10.1. The molecule has 0 saturated carbocycles. The minimum Gasteiger partial charge on any atom is -0.505 e. The fraction of sp³-hybridized carbons (Fsp3) is 0.0588. The predicted octanol–water partition coefficient (Wildman–Crippen LogP) is 2.09. The molecule has 0 aromatic heterocycles. The van der Waals surface area contributed by atoms with Crippen LogP contribution in [0.5, 0.6) is 0 Å². The predicted molar refractivity (Wildman–Crippen MR) is 82.2 cm³/mol. The average Bonchev–Trinajstić information content (AvgIpc) is 2.81. The molecule has 0 spiro atoms. The zero-order valence-corrected chi connectivity index (χ0v) is 11.7. The van der Waals surface area contributed by atoms with E-state index >= 15 is 0 Å². The molecule has 5 nitrogen and oxygen atoms in total. The number of hydrogen-bond donors (Lipinski definition) is 3. The van der Waals surface area contributed by atoms with Crippen molar-refractivity contribution in [2.24, 2.45) is 0 Å². The van der Waals surface area contributed by atoms with Gasteiger partial charge in [-0.15, -0.1) is 0 Å². The molecule has 5 heteroatoms. The van der Waals surface area contributed by atoms with Crippen LogP contribution in [-0.4, -0.2) is 23.5 Å². The molecule has 3 N–H and O–H groups in total. The number of benzene rings is 2. The Morgan fingerprint density at radius 3 is 2.27 bits per heavy atom. The Hall–Kier alpha value is -3.08. The summed E-state index contributed by atoms with van der Waals surface area (Å²) in [5, 5.41) is 15.5. The molecule has 0 radical (unpaired) electrons. The summed E-state index contributed by atoms with van der Waals surface area (Å²) in [4.78, 5) is 24.0. The van der Waals surface area contributed by atoms with E-state index in [2.05, 4.69) is 10.6 Å². The number of aliphatic hydroxyl groups excluding tert-OH is 1. The molecule has 1 aliphatic rings. The van der Waals surface area contributed by atoms with Gasteiger partial charge in [0.15, 0.2) is 5.76 Å². The number of Topliss-reactive ketones (excluding diaryl/α,β-unsaturated/α-hetero) is 1. The maximum Gasteiger partial charge on any atom is 0.252 e. The van der Waals surface area contributed by atoms with Crippen LogP contribution < -0.4 is 10.6 Å². The highest BCUT2D eigenvalue weighted by molar-refractivity contribution is 6.19. The van der Waals surface area contributed by atoms with Crippen LogP contribution in [0.4, 0.5) is 0 Å². The fourth-order valence-electron chi connectivity index (χ4n) is 2.33. The molecule has 1 aliphatic carbocycles. The summed E-state index contributed by atoms with van der Waals surface area (Å²) in [6.07, 6.45) is 0.